The molecule has 0 amide bonds. The molecule has 1 N–H and O–H groups in total. The van der Waals surface area contributed by atoms with E-state index in [0.717, 1.165) is 16.7 Å². The standard InChI is InChI=1S/C19H19NO/c1-2-9-18(19-12-7-4-8-13-19)14-15-20-21-16-17-10-5-3-6-11-17/h2-15,20H,1,16H2/b15-14-,18-9+. The van der Waals surface area contributed by atoms with Crippen LogP contribution < -0.4 is 5.48 Å². The second kappa shape index (κ2) is 8.56. The Kier molecular flexibility index (Phi) is 6.04. The fraction of sp³-hybridized carbons (Fsp3) is 0.0526. The highest BCUT2D eigenvalue weighted by Gasteiger charge is 1.95. The van der Waals surface area contributed by atoms with Crippen molar-refractivity contribution in [3.8, 4) is 0 Å². The molecule has 21 heavy (non-hydrogen) atoms. The first-order valence-corrected chi connectivity index (χ1v) is 6.86. The highest BCUT2D eigenvalue weighted by Crippen LogP contribution is 2.15. The van der Waals surface area contributed by atoms with Crippen molar-refractivity contribution in [3.05, 3.63) is 103 Å². The van der Waals surface area contributed by atoms with Crippen LogP contribution in [0.5, 0.6) is 0 Å². The van der Waals surface area contributed by atoms with Gasteiger partial charge in [0.1, 0.15) is 0 Å². The summed E-state index contributed by atoms with van der Waals surface area (Å²) in [4.78, 5) is 5.39. The second-order valence-corrected chi connectivity index (χ2v) is 4.45. The summed E-state index contributed by atoms with van der Waals surface area (Å²) in [6.07, 6.45) is 7.48. The molecule has 0 bridgehead atoms. The maximum Gasteiger partial charge on any atom is 0.0996 e. The van der Waals surface area contributed by atoms with Crippen molar-refractivity contribution in [1.82, 2.24) is 5.48 Å². The van der Waals surface area contributed by atoms with Crippen LogP contribution in [0.25, 0.3) is 5.57 Å². The van der Waals surface area contributed by atoms with Gasteiger partial charge in [0, 0.05) is 6.20 Å². The lowest BCUT2D eigenvalue weighted by molar-refractivity contribution is 0.0576. The third-order valence-corrected chi connectivity index (χ3v) is 2.90. The van der Waals surface area contributed by atoms with E-state index < -0.39 is 0 Å². The van der Waals surface area contributed by atoms with Gasteiger partial charge in [0.25, 0.3) is 0 Å². The van der Waals surface area contributed by atoms with Gasteiger partial charge < -0.3 is 0 Å². The Hall–Kier alpha value is -2.58. The van der Waals surface area contributed by atoms with Crippen molar-refractivity contribution in [2.24, 2.45) is 0 Å². The molecule has 2 heteroatoms. The van der Waals surface area contributed by atoms with Crippen LogP contribution in [0.15, 0.2) is 91.7 Å². The predicted molar refractivity (Wildman–Crippen MR) is 88.1 cm³/mol. The minimum Gasteiger partial charge on any atom is -0.274 e. The van der Waals surface area contributed by atoms with E-state index in [4.69, 9.17) is 4.84 Å². The Morgan fingerprint density at radius 2 is 1.67 bits per heavy atom. The van der Waals surface area contributed by atoms with Gasteiger partial charge in [0.15, 0.2) is 0 Å². The molecular formula is C19H19NO. The maximum absolute atomic E-state index is 5.39. The molecule has 2 aromatic carbocycles. The van der Waals surface area contributed by atoms with E-state index in [1.54, 1.807) is 12.3 Å². The smallest absolute Gasteiger partial charge is 0.0996 e. The van der Waals surface area contributed by atoms with E-state index in [1.807, 2.05) is 60.7 Å². The first-order chi connectivity index (χ1) is 10.4. The van der Waals surface area contributed by atoms with Crippen LogP contribution in [-0.4, -0.2) is 0 Å². The predicted octanol–water partition coefficient (Wildman–Crippen LogP) is 4.49. The van der Waals surface area contributed by atoms with Crippen molar-refractivity contribution in [3.63, 3.8) is 0 Å². The Labute approximate surface area is 126 Å². The quantitative estimate of drug-likeness (QED) is 0.457. The molecule has 2 aromatic rings. The molecule has 0 aliphatic carbocycles. The van der Waals surface area contributed by atoms with E-state index in [2.05, 4.69) is 24.2 Å². The van der Waals surface area contributed by atoms with E-state index in [-0.39, 0.29) is 0 Å². The highest BCUT2D eigenvalue weighted by atomic mass is 16.6. The van der Waals surface area contributed by atoms with Crippen molar-refractivity contribution in [2.75, 3.05) is 0 Å². The summed E-state index contributed by atoms with van der Waals surface area (Å²) < 4.78 is 0. The zero-order valence-corrected chi connectivity index (χ0v) is 11.9. The summed E-state index contributed by atoms with van der Waals surface area (Å²) in [7, 11) is 0. The lowest BCUT2D eigenvalue weighted by Gasteiger charge is -2.04. The van der Waals surface area contributed by atoms with E-state index in [1.165, 1.54) is 0 Å². The summed E-state index contributed by atoms with van der Waals surface area (Å²) in [5, 5.41) is 0. The fourth-order valence-electron chi connectivity index (χ4n) is 1.88. The van der Waals surface area contributed by atoms with E-state index in [0.29, 0.717) is 6.61 Å². The fourth-order valence-corrected chi connectivity index (χ4v) is 1.88. The summed E-state index contributed by atoms with van der Waals surface area (Å²) in [5.41, 5.74) is 6.17. The van der Waals surface area contributed by atoms with Gasteiger partial charge >= 0.3 is 0 Å². The SMILES string of the molecule is C=C/C=C(\C=C/NOCc1ccccc1)c1ccccc1. The maximum atomic E-state index is 5.39. The topological polar surface area (TPSA) is 21.3 Å². The lowest BCUT2D eigenvalue weighted by Crippen LogP contribution is -2.06. The number of hydroxylamine groups is 1. The Balaban J connectivity index is 1.87. The zero-order chi connectivity index (χ0) is 14.8. The molecule has 0 unspecified atom stereocenters. The molecule has 2 rings (SSSR count). The monoisotopic (exact) mass is 277 g/mol. The molecule has 0 aliphatic rings. The summed E-state index contributed by atoms with van der Waals surface area (Å²) in [5.74, 6) is 0. The average Bonchev–Trinajstić information content (AvgIpc) is 2.55. The summed E-state index contributed by atoms with van der Waals surface area (Å²) in [6.45, 7) is 4.27. The molecule has 2 nitrogen and oxygen atoms in total. The normalized spacial score (nSPS) is 11.5. The zero-order valence-electron chi connectivity index (χ0n) is 11.9. The van der Waals surface area contributed by atoms with Crippen molar-refractivity contribution in [2.45, 2.75) is 6.61 Å². The number of nitrogens with one attached hydrogen (secondary N) is 1. The molecule has 106 valence electrons. The number of allylic oxidation sites excluding steroid dienone is 4. The van der Waals surface area contributed by atoms with Crippen LogP contribution in [0, 0.1) is 0 Å². The number of hydrogen-bond acceptors (Lipinski definition) is 2. The second-order valence-electron chi connectivity index (χ2n) is 4.45. The van der Waals surface area contributed by atoms with Gasteiger partial charge in [-0.05, 0) is 22.8 Å². The number of rotatable bonds is 7. The van der Waals surface area contributed by atoms with Crippen LogP contribution in [0.3, 0.4) is 0 Å². The lowest BCUT2D eigenvalue weighted by atomic mass is 10.1. The Morgan fingerprint density at radius 1 is 1.00 bits per heavy atom. The summed E-state index contributed by atoms with van der Waals surface area (Å²) >= 11 is 0. The van der Waals surface area contributed by atoms with Gasteiger partial charge in [-0.25, -0.2) is 0 Å². The molecular weight excluding hydrogens is 258 g/mol. The Morgan fingerprint density at radius 3 is 2.33 bits per heavy atom. The van der Waals surface area contributed by atoms with Gasteiger partial charge in [0.2, 0.25) is 0 Å². The minimum absolute atomic E-state index is 0.525. The van der Waals surface area contributed by atoms with Crippen LogP contribution in [0.2, 0.25) is 0 Å². The van der Waals surface area contributed by atoms with Gasteiger partial charge in [-0.1, -0.05) is 79.4 Å². The van der Waals surface area contributed by atoms with Crippen molar-refractivity contribution < 1.29 is 4.84 Å². The molecule has 0 fully saturated rings. The first-order valence-electron chi connectivity index (χ1n) is 6.86. The molecule has 0 saturated heterocycles. The Bertz CT molecular complexity index is 600. The van der Waals surface area contributed by atoms with Gasteiger partial charge in [0.05, 0.1) is 6.61 Å². The van der Waals surface area contributed by atoms with Crippen molar-refractivity contribution >= 4 is 5.57 Å². The van der Waals surface area contributed by atoms with E-state index in [9.17, 15) is 0 Å². The third kappa shape index (κ3) is 5.13. The molecule has 0 heterocycles. The number of hydrogen-bond donors (Lipinski definition) is 1. The van der Waals surface area contributed by atoms with E-state index >= 15 is 0 Å². The molecule has 0 aromatic heterocycles. The van der Waals surface area contributed by atoms with Crippen molar-refractivity contribution in [1.29, 1.82) is 0 Å². The van der Waals surface area contributed by atoms with Gasteiger partial charge in [-0.15, -0.1) is 0 Å². The number of benzene rings is 2. The average molecular weight is 277 g/mol. The molecule has 0 saturated carbocycles. The van der Waals surface area contributed by atoms with Crippen LogP contribution in [0.1, 0.15) is 11.1 Å². The van der Waals surface area contributed by atoms with Crippen LogP contribution in [0.4, 0.5) is 0 Å². The van der Waals surface area contributed by atoms with Crippen LogP contribution >= 0.6 is 0 Å². The summed E-state index contributed by atoms with van der Waals surface area (Å²) in [6, 6.07) is 20.2. The molecule has 0 aliphatic heterocycles. The van der Waals surface area contributed by atoms with Crippen LogP contribution in [-0.2, 0) is 11.4 Å². The van der Waals surface area contributed by atoms with Gasteiger partial charge in [-0.2, -0.15) is 0 Å². The largest absolute Gasteiger partial charge is 0.274 e. The molecule has 0 spiro atoms. The first kappa shape index (κ1) is 14.8. The molecule has 0 atom stereocenters. The van der Waals surface area contributed by atoms with Gasteiger partial charge in [-0.3, -0.25) is 10.3 Å². The highest BCUT2D eigenvalue weighted by molar-refractivity contribution is 5.74. The minimum atomic E-state index is 0.525. The molecule has 0 radical (unpaired) electrons. The third-order valence-electron chi connectivity index (χ3n) is 2.90.